The number of carbonyl (C=O) groups excluding carboxylic acids is 1. The fourth-order valence-electron chi connectivity index (χ4n) is 2.50. The molecule has 2 fully saturated rings. The fraction of sp³-hybridized carbons (Fsp3) is 0.650. The summed E-state index contributed by atoms with van der Waals surface area (Å²) >= 11 is 0. The van der Waals surface area contributed by atoms with E-state index in [4.69, 9.17) is 9.84 Å². The number of likely N-dealkylation sites (N-methyl/N-ethyl adjacent to an activating group) is 1. The number of halogens is 2. The first-order chi connectivity index (χ1) is 13.9. The highest BCUT2D eigenvalue weighted by Gasteiger charge is 2.45. The molecule has 10 heteroatoms. The number of aromatic carboxylic acids is 1. The van der Waals surface area contributed by atoms with E-state index in [2.05, 4.69) is 15.6 Å². The maximum Gasteiger partial charge on any atom is 0.354 e. The maximum absolute atomic E-state index is 12.9. The van der Waals surface area contributed by atoms with Crippen LogP contribution in [0.5, 0.6) is 5.88 Å². The van der Waals surface area contributed by atoms with E-state index in [9.17, 15) is 18.4 Å². The second-order valence-electron chi connectivity index (χ2n) is 8.57. The van der Waals surface area contributed by atoms with Gasteiger partial charge < -0.3 is 25.4 Å². The topological polar surface area (TPSA) is 104 Å². The van der Waals surface area contributed by atoms with Gasteiger partial charge in [0.25, 0.3) is 5.92 Å². The Morgan fingerprint density at radius 1 is 1.30 bits per heavy atom. The summed E-state index contributed by atoms with van der Waals surface area (Å²) in [6, 6.07) is 2.78. The second kappa shape index (κ2) is 9.55. The number of carbonyl (C=O) groups is 2. The van der Waals surface area contributed by atoms with Crippen LogP contribution >= 0.6 is 0 Å². The molecule has 1 amide bonds. The molecule has 8 nitrogen and oxygen atoms in total. The van der Waals surface area contributed by atoms with Gasteiger partial charge in [0.15, 0.2) is 5.69 Å². The lowest BCUT2D eigenvalue weighted by Gasteiger charge is -2.40. The molecule has 2 aliphatic rings. The number of alkyl halides is 2. The zero-order valence-corrected chi connectivity index (χ0v) is 17.8. The van der Waals surface area contributed by atoms with Crippen molar-refractivity contribution in [2.45, 2.75) is 45.1 Å². The Morgan fingerprint density at radius 2 is 1.93 bits per heavy atom. The van der Waals surface area contributed by atoms with E-state index in [1.807, 2.05) is 20.8 Å². The lowest BCUT2D eigenvalue weighted by Crippen LogP contribution is -2.56. The van der Waals surface area contributed by atoms with Crippen LogP contribution in [-0.2, 0) is 4.79 Å². The maximum atomic E-state index is 12.9. The van der Waals surface area contributed by atoms with Crippen LogP contribution in [0.25, 0.3) is 0 Å². The molecule has 2 heterocycles. The number of nitrogens with one attached hydrogen (secondary N) is 2. The van der Waals surface area contributed by atoms with Gasteiger partial charge in [-0.15, -0.1) is 0 Å². The van der Waals surface area contributed by atoms with E-state index in [-0.39, 0.29) is 36.1 Å². The van der Waals surface area contributed by atoms with E-state index in [1.165, 1.54) is 17.0 Å². The van der Waals surface area contributed by atoms with Crippen molar-refractivity contribution < 1.29 is 28.2 Å². The van der Waals surface area contributed by atoms with Crippen molar-refractivity contribution in [2.24, 2.45) is 5.92 Å². The van der Waals surface area contributed by atoms with E-state index < -0.39 is 11.9 Å². The molecule has 168 valence electrons. The summed E-state index contributed by atoms with van der Waals surface area (Å²) < 4.78 is 31.4. The van der Waals surface area contributed by atoms with Crippen molar-refractivity contribution in [1.82, 2.24) is 15.6 Å². The summed E-state index contributed by atoms with van der Waals surface area (Å²) in [7, 11) is 1.63. The number of aromatic nitrogens is 1. The van der Waals surface area contributed by atoms with E-state index >= 15 is 0 Å². The van der Waals surface area contributed by atoms with Crippen LogP contribution in [0.15, 0.2) is 12.1 Å². The summed E-state index contributed by atoms with van der Waals surface area (Å²) in [6.07, 6.45) is 2.16. The van der Waals surface area contributed by atoms with Crippen molar-refractivity contribution in [3.05, 3.63) is 17.8 Å². The minimum atomic E-state index is -2.70. The predicted molar refractivity (Wildman–Crippen MR) is 108 cm³/mol. The Balaban J connectivity index is 0.000000274. The van der Waals surface area contributed by atoms with Crippen LogP contribution in [0.4, 0.5) is 14.5 Å². The van der Waals surface area contributed by atoms with Gasteiger partial charge in [0, 0.05) is 12.6 Å². The van der Waals surface area contributed by atoms with Gasteiger partial charge in [-0.05, 0) is 51.7 Å². The van der Waals surface area contributed by atoms with Crippen molar-refractivity contribution in [1.29, 1.82) is 0 Å². The summed E-state index contributed by atoms with van der Waals surface area (Å²) in [6.45, 7) is 6.14. The number of ether oxygens (including phenoxy) is 1. The monoisotopic (exact) mass is 428 g/mol. The number of nitrogens with zero attached hydrogens (tertiary/aromatic N) is 2. The van der Waals surface area contributed by atoms with Gasteiger partial charge in [0.2, 0.25) is 11.8 Å². The number of pyridine rings is 1. The summed E-state index contributed by atoms with van der Waals surface area (Å²) in [5, 5.41) is 14.5. The lowest BCUT2D eigenvalue weighted by molar-refractivity contribution is -0.120. The van der Waals surface area contributed by atoms with Crippen LogP contribution in [0.3, 0.4) is 0 Å². The Labute approximate surface area is 175 Å². The van der Waals surface area contributed by atoms with Gasteiger partial charge in [0.05, 0.1) is 26.2 Å². The van der Waals surface area contributed by atoms with Crippen LogP contribution in [-0.4, -0.2) is 66.7 Å². The average molecular weight is 428 g/mol. The van der Waals surface area contributed by atoms with Crippen LogP contribution in [0.2, 0.25) is 0 Å². The average Bonchev–Trinajstić information content (AvgIpc) is 3.46. The zero-order chi connectivity index (χ0) is 22.5. The number of amides is 1. The second-order valence-corrected chi connectivity index (χ2v) is 8.57. The third-order valence-corrected chi connectivity index (χ3v) is 4.46. The van der Waals surface area contributed by atoms with E-state index in [0.717, 1.165) is 12.8 Å². The molecule has 3 rings (SSSR count). The third kappa shape index (κ3) is 7.74. The first-order valence-electron chi connectivity index (χ1n) is 9.86. The predicted octanol–water partition coefficient (Wildman–Crippen LogP) is 2.14. The van der Waals surface area contributed by atoms with E-state index in [0.29, 0.717) is 24.8 Å². The highest BCUT2D eigenvalue weighted by molar-refractivity contribution is 5.86. The molecule has 0 unspecified atom stereocenters. The van der Waals surface area contributed by atoms with Crippen LogP contribution < -0.4 is 20.3 Å². The molecule has 1 aromatic heterocycles. The van der Waals surface area contributed by atoms with Gasteiger partial charge in [-0.25, -0.2) is 18.6 Å². The Hall–Kier alpha value is -2.49. The number of carboxylic acid groups (broad SMARTS) is 1. The molecule has 3 N–H and O–H groups in total. The van der Waals surface area contributed by atoms with Crippen molar-refractivity contribution >= 4 is 17.6 Å². The minimum absolute atomic E-state index is 0.0203. The number of anilines is 1. The molecular formula is C20H30F2N4O4. The Bertz CT molecular complexity index is 756. The van der Waals surface area contributed by atoms with Crippen LogP contribution in [0, 0.1) is 5.92 Å². The molecular weight excluding hydrogens is 398 g/mol. The summed E-state index contributed by atoms with van der Waals surface area (Å²) in [5.41, 5.74) is 0.306. The highest BCUT2D eigenvalue weighted by Crippen LogP contribution is 2.37. The molecule has 1 aliphatic heterocycles. The normalized spacial score (nSPS) is 17.3. The summed E-state index contributed by atoms with van der Waals surface area (Å²) in [4.78, 5) is 27.0. The molecule has 30 heavy (non-hydrogen) atoms. The van der Waals surface area contributed by atoms with E-state index in [1.54, 1.807) is 7.05 Å². The Morgan fingerprint density at radius 3 is 2.40 bits per heavy atom. The quantitative estimate of drug-likeness (QED) is 0.611. The molecule has 1 saturated carbocycles. The fourth-order valence-corrected chi connectivity index (χ4v) is 2.50. The number of carboxylic acids is 1. The van der Waals surface area contributed by atoms with Gasteiger partial charge in [0.1, 0.15) is 5.69 Å². The third-order valence-electron chi connectivity index (χ3n) is 4.46. The molecule has 1 aromatic rings. The smallest absolute Gasteiger partial charge is 0.354 e. The highest BCUT2D eigenvalue weighted by atomic mass is 19.3. The summed E-state index contributed by atoms with van der Waals surface area (Å²) in [5.74, 6) is -3.24. The lowest BCUT2D eigenvalue weighted by atomic mass is 10.1. The van der Waals surface area contributed by atoms with Crippen molar-refractivity contribution in [2.75, 3.05) is 38.2 Å². The SMILES string of the molecule is CNC(=O)CNC(C)(C)C.O=C(O)c1ccc(N2CC(F)(F)C2)c(OCC2CC2)n1. The zero-order valence-electron chi connectivity index (χ0n) is 17.8. The Kier molecular flexibility index (Phi) is 7.57. The molecule has 0 aromatic carbocycles. The van der Waals surface area contributed by atoms with Gasteiger partial charge in [-0.2, -0.15) is 0 Å². The van der Waals surface area contributed by atoms with Gasteiger partial charge in [-0.3, -0.25) is 4.79 Å². The number of hydrogen-bond donors (Lipinski definition) is 3. The first kappa shape index (κ1) is 23.8. The largest absolute Gasteiger partial charge is 0.477 e. The molecule has 0 radical (unpaired) electrons. The molecule has 1 aliphatic carbocycles. The number of hydrogen-bond acceptors (Lipinski definition) is 6. The molecule has 0 bridgehead atoms. The molecule has 0 spiro atoms. The van der Waals surface area contributed by atoms with Crippen LogP contribution in [0.1, 0.15) is 44.1 Å². The molecule has 1 saturated heterocycles. The standard InChI is InChI=1S/C13H14F2N2O3.C7H16N2O/c14-13(15)6-17(7-13)10-4-3-9(12(18)19)16-11(10)20-5-8-1-2-8;1-7(2,3)9-5-6(10)8-4/h3-4,8H,1-2,5-7H2,(H,18,19);9H,5H2,1-4H3,(H,8,10). The van der Waals surface area contributed by atoms with Crippen molar-refractivity contribution in [3.8, 4) is 5.88 Å². The van der Waals surface area contributed by atoms with Gasteiger partial charge in [-0.1, -0.05) is 0 Å². The van der Waals surface area contributed by atoms with Crippen molar-refractivity contribution in [3.63, 3.8) is 0 Å². The number of rotatable bonds is 7. The molecule has 0 atom stereocenters. The van der Waals surface area contributed by atoms with Gasteiger partial charge >= 0.3 is 5.97 Å². The minimum Gasteiger partial charge on any atom is -0.477 e. The first-order valence-corrected chi connectivity index (χ1v) is 9.86.